The predicted molar refractivity (Wildman–Crippen MR) is 67.5 cm³/mol. The van der Waals surface area contributed by atoms with Crippen molar-refractivity contribution in [1.29, 1.82) is 0 Å². The highest BCUT2D eigenvalue weighted by atomic mass is 16.5. The highest BCUT2D eigenvalue weighted by Gasteiger charge is 2.43. The summed E-state index contributed by atoms with van der Waals surface area (Å²) in [6.07, 6.45) is 9.91. The molecule has 1 heterocycles. The first-order chi connectivity index (χ1) is 8.30. The molecule has 2 rings (SSSR count). The van der Waals surface area contributed by atoms with Gasteiger partial charge in [0.15, 0.2) is 0 Å². The van der Waals surface area contributed by atoms with Crippen LogP contribution in [0.25, 0.3) is 0 Å². The molecule has 2 fully saturated rings. The Morgan fingerprint density at radius 2 is 2.29 bits per heavy atom. The number of ether oxygens (including phenoxy) is 2. The van der Waals surface area contributed by atoms with E-state index in [1.165, 1.54) is 25.7 Å². The second kappa shape index (κ2) is 6.14. The Labute approximate surface area is 104 Å². The van der Waals surface area contributed by atoms with Crippen LogP contribution in [0.4, 0.5) is 0 Å². The zero-order valence-corrected chi connectivity index (χ0v) is 10.9. The largest absolute Gasteiger partial charge is 0.378 e. The Bertz CT molecular complexity index is 220. The zero-order chi connectivity index (χ0) is 12.1. The van der Waals surface area contributed by atoms with Crippen LogP contribution in [-0.2, 0) is 9.47 Å². The monoisotopic (exact) mass is 242 g/mol. The summed E-state index contributed by atoms with van der Waals surface area (Å²) < 4.78 is 11.3. The average molecular weight is 242 g/mol. The lowest BCUT2D eigenvalue weighted by Gasteiger charge is -2.46. The van der Waals surface area contributed by atoms with E-state index >= 15 is 0 Å². The van der Waals surface area contributed by atoms with Crippen molar-refractivity contribution in [3.05, 3.63) is 0 Å². The summed E-state index contributed by atoms with van der Waals surface area (Å²) in [7, 11) is 1.81. The van der Waals surface area contributed by atoms with Gasteiger partial charge in [-0.2, -0.15) is 0 Å². The highest BCUT2D eigenvalue weighted by molar-refractivity contribution is 4.98. The van der Waals surface area contributed by atoms with Crippen LogP contribution in [0.3, 0.4) is 0 Å². The molecule has 1 saturated carbocycles. The van der Waals surface area contributed by atoms with Gasteiger partial charge in [0, 0.05) is 13.7 Å². The average Bonchev–Trinajstić information content (AvgIpc) is 2.79. The molecular formula is C13H26N2O2. The van der Waals surface area contributed by atoms with Crippen molar-refractivity contribution in [2.24, 2.45) is 5.84 Å². The van der Waals surface area contributed by atoms with Crippen molar-refractivity contribution >= 4 is 0 Å². The highest BCUT2D eigenvalue weighted by Crippen LogP contribution is 2.39. The van der Waals surface area contributed by atoms with Gasteiger partial charge in [-0.3, -0.25) is 11.3 Å². The Balaban J connectivity index is 1.71. The zero-order valence-electron chi connectivity index (χ0n) is 10.9. The number of methoxy groups -OCH3 is 1. The second-order valence-electron chi connectivity index (χ2n) is 5.41. The molecular weight excluding hydrogens is 216 g/mol. The maximum Gasteiger partial charge on any atom is 0.0844 e. The molecule has 2 atom stereocenters. The van der Waals surface area contributed by atoms with Crippen LogP contribution in [0.1, 0.15) is 51.4 Å². The molecule has 0 spiro atoms. The summed E-state index contributed by atoms with van der Waals surface area (Å²) in [5.74, 6) is 5.68. The topological polar surface area (TPSA) is 56.5 Å². The smallest absolute Gasteiger partial charge is 0.0844 e. The van der Waals surface area contributed by atoms with Crippen molar-refractivity contribution < 1.29 is 9.47 Å². The summed E-state index contributed by atoms with van der Waals surface area (Å²) in [5, 5.41) is 0. The number of hydrazine groups is 1. The third-order valence-electron chi connectivity index (χ3n) is 4.49. The van der Waals surface area contributed by atoms with E-state index in [2.05, 4.69) is 5.43 Å². The molecule has 0 radical (unpaired) electrons. The summed E-state index contributed by atoms with van der Waals surface area (Å²) >= 11 is 0. The SMILES string of the molecule is COC1(C(CCCC2CCCO2)NN)CCC1. The van der Waals surface area contributed by atoms with Gasteiger partial charge in [0.05, 0.1) is 17.7 Å². The van der Waals surface area contributed by atoms with E-state index in [4.69, 9.17) is 15.3 Å². The van der Waals surface area contributed by atoms with Crippen molar-refractivity contribution in [3.8, 4) is 0 Å². The first-order valence-electron chi connectivity index (χ1n) is 6.93. The number of nitrogens with one attached hydrogen (secondary N) is 1. The second-order valence-corrected chi connectivity index (χ2v) is 5.41. The van der Waals surface area contributed by atoms with E-state index in [0.717, 1.165) is 32.3 Å². The van der Waals surface area contributed by atoms with Crippen molar-refractivity contribution in [1.82, 2.24) is 5.43 Å². The Morgan fingerprint density at radius 3 is 2.76 bits per heavy atom. The van der Waals surface area contributed by atoms with Crippen LogP contribution in [0.15, 0.2) is 0 Å². The Kier molecular flexibility index (Phi) is 4.79. The molecule has 0 bridgehead atoms. The van der Waals surface area contributed by atoms with Gasteiger partial charge in [-0.25, -0.2) is 0 Å². The first-order valence-corrected chi connectivity index (χ1v) is 6.93. The maximum absolute atomic E-state index is 5.68. The fourth-order valence-corrected chi connectivity index (χ4v) is 3.14. The lowest BCUT2D eigenvalue weighted by molar-refractivity contribution is -0.101. The number of hydrogen-bond donors (Lipinski definition) is 2. The molecule has 1 aliphatic carbocycles. The fraction of sp³-hybridized carbons (Fsp3) is 1.00. The van der Waals surface area contributed by atoms with E-state index in [9.17, 15) is 0 Å². The van der Waals surface area contributed by atoms with Crippen LogP contribution in [0.5, 0.6) is 0 Å². The normalized spacial score (nSPS) is 28.9. The molecule has 4 nitrogen and oxygen atoms in total. The molecule has 1 aliphatic heterocycles. The molecule has 17 heavy (non-hydrogen) atoms. The predicted octanol–water partition coefficient (Wildman–Crippen LogP) is 1.74. The quantitative estimate of drug-likeness (QED) is 0.527. The molecule has 0 aromatic heterocycles. The summed E-state index contributed by atoms with van der Waals surface area (Å²) in [5.41, 5.74) is 2.96. The van der Waals surface area contributed by atoms with Gasteiger partial charge in [0.1, 0.15) is 0 Å². The number of hydrogen-bond acceptors (Lipinski definition) is 4. The van der Waals surface area contributed by atoms with Crippen molar-refractivity contribution in [2.75, 3.05) is 13.7 Å². The standard InChI is InChI=1S/C13H26N2O2/c1-16-13(8-4-9-13)12(15-14)7-2-5-11-6-3-10-17-11/h11-12,15H,2-10,14H2,1H3. The molecule has 0 amide bonds. The lowest BCUT2D eigenvalue weighted by atomic mass is 9.73. The maximum atomic E-state index is 5.68. The molecule has 2 aliphatic rings. The van der Waals surface area contributed by atoms with E-state index in [1.807, 2.05) is 7.11 Å². The summed E-state index contributed by atoms with van der Waals surface area (Å²) in [6.45, 7) is 0.950. The van der Waals surface area contributed by atoms with Gasteiger partial charge >= 0.3 is 0 Å². The lowest BCUT2D eigenvalue weighted by Crippen LogP contribution is -2.58. The Hall–Kier alpha value is -0.160. The van der Waals surface area contributed by atoms with Gasteiger partial charge < -0.3 is 9.47 Å². The minimum absolute atomic E-state index is 0.00524. The third-order valence-corrected chi connectivity index (χ3v) is 4.49. The third kappa shape index (κ3) is 2.99. The van der Waals surface area contributed by atoms with Gasteiger partial charge in [-0.1, -0.05) is 0 Å². The number of nitrogens with two attached hydrogens (primary N) is 1. The van der Waals surface area contributed by atoms with E-state index in [1.54, 1.807) is 0 Å². The molecule has 4 heteroatoms. The molecule has 2 unspecified atom stereocenters. The van der Waals surface area contributed by atoms with Crippen molar-refractivity contribution in [3.63, 3.8) is 0 Å². The fourth-order valence-electron chi connectivity index (χ4n) is 3.14. The van der Waals surface area contributed by atoms with Gasteiger partial charge in [-0.15, -0.1) is 0 Å². The molecule has 1 saturated heterocycles. The molecule has 0 aromatic carbocycles. The minimum Gasteiger partial charge on any atom is -0.378 e. The summed E-state index contributed by atoms with van der Waals surface area (Å²) in [6, 6.07) is 0.294. The minimum atomic E-state index is 0.00524. The van der Waals surface area contributed by atoms with Crippen LogP contribution in [0, 0.1) is 0 Å². The van der Waals surface area contributed by atoms with Gasteiger partial charge in [0.25, 0.3) is 0 Å². The van der Waals surface area contributed by atoms with Crippen LogP contribution in [-0.4, -0.2) is 31.5 Å². The van der Waals surface area contributed by atoms with Gasteiger partial charge in [-0.05, 0) is 51.4 Å². The van der Waals surface area contributed by atoms with Crippen LogP contribution in [0.2, 0.25) is 0 Å². The molecule has 3 N–H and O–H groups in total. The molecule has 0 aromatic rings. The Morgan fingerprint density at radius 1 is 1.47 bits per heavy atom. The number of rotatable bonds is 7. The van der Waals surface area contributed by atoms with Crippen LogP contribution < -0.4 is 11.3 Å². The van der Waals surface area contributed by atoms with E-state index in [0.29, 0.717) is 12.1 Å². The molecule has 100 valence electrons. The van der Waals surface area contributed by atoms with Gasteiger partial charge in [0.2, 0.25) is 0 Å². The summed E-state index contributed by atoms with van der Waals surface area (Å²) in [4.78, 5) is 0. The van der Waals surface area contributed by atoms with Crippen molar-refractivity contribution in [2.45, 2.75) is 69.1 Å². The van der Waals surface area contributed by atoms with E-state index in [-0.39, 0.29) is 5.60 Å². The first kappa shape index (κ1) is 13.3. The van der Waals surface area contributed by atoms with Crippen LogP contribution >= 0.6 is 0 Å². The van der Waals surface area contributed by atoms with E-state index < -0.39 is 0 Å².